The number of benzene rings is 1. The number of piperidine rings is 1. The topological polar surface area (TPSA) is 109 Å². The Hall–Kier alpha value is -3.76. The van der Waals surface area contributed by atoms with Gasteiger partial charge in [-0.15, -0.1) is 0 Å². The minimum atomic E-state index is -1.03. The maximum absolute atomic E-state index is 13.8. The zero-order valence-corrected chi connectivity index (χ0v) is 27.0. The molecule has 1 aromatic heterocycles. The number of hydrogen-bond donors (Lipinski definition) is 1. The molecule has 2 amide bonds. The van der Waals surface area contributed by atoms with Gasteiger partial charge in [0.1, 0.15) is 23.9 Å². The molecule has 1 aromatic carbocycles. The van der Waals surface area contributed by atoms with Gasteiger partial charge in [-0.1, -0.05) is 29.4 Å². The Morgan fingerprint density at radius 2 is 1.69 bits per heavy atom. The highest BCUT2D eigenvalue weighted by Crippen LogP contribution is 2.32. The van der Waals surface area contributed by atoms with Crippen LogP contribution in [0.25, 0.3) is 0 Å². The van der Waals surface area contributed by atoms with Gasteiger partial charge >= 0.3 is 6.09 Å². The van der Waals surface area contributed by atoms with Crippen molar-refractivity contribution in [1.82, 2.24) is 20.2 Å². The Labute approximate surface area is 265 Å². The summed E-state index contributed by atoms with van der Waals surface area (Å²) in [7, 11) is 0. The highest BCUT2D eigenvalue weighted by molar-refractivity contribution is 5.86. The van der Waals surface area contributed by atoms with Gasteiger partial charge in [0.25, 0.3) is 0 Å². The van der Waals surface area contributed by atoms with Crippen molar-refractivity contribution in [3.63, 3.8) is 0 Å². The molecule has 1 N–H and O–H groups in total. The number of nitrogens with one attached hydrogen (secondary N) is 1. The van der Waals surface area contributed by atoms with Crippen LogP contribution in [0.3, 0.4) is 0 Å². The number of nitrogens with zero attached hydrogens (tertiary/aromatic N) is 5. The van der Waals surface area contributed by atoms with E-state index >= 15 is 0 Å². The number of oxime groups is 1. The molecule has 2 saturated heterocycles. The number of amides is 2. The molecule has 0 spiro atoms. The number of aryl methyl sites for hydroxylation is 1. The van der Waals surface area contributed by atoms with E-state index in [0.717, 1.165) is 74.4 Å². The van der Waals surface area contributed by atoms with Crippen LogP contribution in [0.5, 0.6) is 0 Å². The number of alkyl halides is 1. The summed E-state index contributed by atoms with van der Waals surface area (Å²) in [5.74, 6) is 0.928. The summed E-state index contributed by atoms with van der Waals surface area (Å²) in [4.78, 5) is 44.3. The fraction of sp³-hybridized carbons (Fsp3) is 0.618. The first kappa shape index (κ1) is 32.6. The Kier molecular flexibility index (Phi) is 10.6. The van der Waals surface area contributed by atoms with Gasteiger partial charge in [0.15, 0.2) is 0 Å². The zero-order chi connectivity index (χ0) is 32.0. The number of ether oxygens (including phenoxy) is 1. The number of anilines is 1. The van der Waals surface area contributed by atoms with E-state index in [1.165, 1.54) is 10.5 Å². The third-order valence-electron chi connectivity index (χ3n) is 8.71. The average molecular weight is 623 g/mol. The summed E-state index contributed by atoms with van der Waals surface area (Å²) < 4.78 is 19.2. The number of carbonyl (C=O) groups excluding carboxylic acids is 2. The van der Waals surface area contributed by atoms with E-state index in [1.807, 2.05) is 31.5 Å². The van der Waals surface area contributed by atoms with Gasteiger partial charge in [-0.3, -0.25) is 4.79 Å². The summed E-state index contributed by atoms with van der Waals surface area (Å²) in [6.07, 6.45) is 8.40. The van der Waals surface area contributed by atoms with Crippen LogP contribution in [0, 0.1) is 6.92 Å². The molecule has 0 radical (unpaired) electrons. The molecule has 244 valence electrons. The first-order valence-electron chi connectivity index (χ1n) is 16.3. The van der Waals surface area contributed by atoms with Crippen LogP contribution in [-0.2, 0) is 20.8 Å². The maximum atomic E-state index is 13.8. The number of hydrogen-bond acceptors (Lipinski definition) is 8. The number of likely N-dealkylation sites (tertiary alicyclic amines) is 1. The SMILES string of the molecule is Cc1cnc(N2CCC(ON=C3CCC(c4ccc(C[C@H](NC(=O)OC(C)(C)C)C(=O)N5CCC(F)C5)cc4)CC3)CC2)nc1. The van der Waals surface area contributed by atoms with Crippen LogP contribution in [-0.4, -0.2) is 82.7 Å². The van der Waals surface area contributed by atoms with Crippen LogP contribution in [0.1, 0.15) is 88.3 Å². The first-order chi connectivity index (χ1) is 21.5. The summed E-state index contributed by atoms with van der Waals surface area (Å²) in [6.45, 7) is 9.45. The second-order valence-corrected chi connectivity index (χ2v) is 13.6. The molecule has 5 rings (SSSR count). The van der Waals surface area contributed by atoms with Gasteiger partial charge in [0, 0.05) is 51.3 Å². The van der Waals surface area contributed by atoms with E-state index in [1.54, 1.807) is 20.8 Å². The standard InChI is InChI=1S/C34H47FN6O4/c1-23-20-36-32(37-21-23)40-17-14-29(15-18-40)45-39-28-11-9-26(10-12-28)25-7-5-24(6-8-25)19-30(38-33(43)44-34(2,3)4)31(42)41-16-13-27(35)22-41/h5-8,20-21,26-27,29-30H,9-19,22H2,1-4H3,(H,38,43)/t26?,27?,30-/m0/s1. The maximum Gasteiger partial charge on any atom is 0.408 e. The van der Waals surface area contributed by atoms with Crippen molar-refractivity contribution in [3.8, 4) is 0 Å². The number of alkyl carbamates (subject to hydrolysis) is 1. The highest BCUT2D eigenvalue weighted by atomic mass is 19.1. The predicted octanol–water partition coefficient (Wildman–Crippen LogP) is 5.49. The highest BCUT2D eigenvalue weighted by Gasteiger charge is 2.33. The average Bonchev–Trinajstić information content (AvgIpc) is 3.46. The number of halogens is 1. The predicted molar refractivity (Wildman–Crippen MR) is 171 cm³/mol. The van der Waals surface area contributed by atoms with E-state index < -0.39 is 23.9 Å². The second-order valence-electron chi connectivity index (χ2n) is 13.6. The molecule has 1 saturated carbocycles. The van der Waals surface area contributed by atoms with Crippen LogP contribution in [0.4, 0.5) is 15.1 Å². The van der Waals surface area contributed by atoms with Gasteiger partial charge in [-0.25, -0.2) is 19.2 Å². The molecular weight excluding hydrogens is 575 g/mol. The lowest BCUT2D eigenvalue weighted by Crippen LogP contribution is -2.50. The second kappa shape index (κ2) is 14.6. The fourth-order valence-electron chi connectivity index (χ4n) is 6.18. The molecule has 3 heterocycles. The number of carbonyl (C=O) groups is 2. The Morgan fingerprint density at radius 1 is 1.02 bits per heavy atom. The molecule has 2 atom stereocenters. The van der Waals surface area contributed by atoms with Crippen molar-refractivity contribution in [2.24, 2.45) is 5.16 Å². The van der Waals surface area contributed by atoms with Crippen LogP contribution < -0.4 is 10.2 Å². The van der Waals surface area contributed by atoms with E-state index in [0.29, 0.717) is 25.3 Å². The minimum absolute atomic E-state index is 0.0605. The lowest BCUT2D eigenvalue weighted by molar-refractivity contribution is -0.132. The quantitative estimate of drug-likeness (QED) is 0.388. The lowest BCUT2D eigenvalue weighted by Gasteiger charge is -2.31. The van der Waals surface area contributed by atoms with Gasteiger partial charge < -0.3 is 24.7 Å². The molecule has 0 bridgehead atoms. The van der Waals surface area contributed by atoms with Crippen molar-refractivity contribution in [3.05, 3.63) is 53.3 Å². The van der Waals surface area contributed by atoms with Crippen molar-refractivity contribution >= 4 is 23.7 Å². The molecule has 11 heteroatoms. The summed E-state index contributed by atoms with van der Waals surface area (Å²) in [5.41, 5.74) is 3.67. The van der Waals surface area contributed by atoms with Gasteiger partial charge in [0.05, 0.1) is 12.3 Å². The minimum Gasteiger partial charge on any atom is -0.444 e. The Morgan fingerprint density at radius 3 is 2.29 bits per heavy atom. The largest absolute Gasteiger partial charge is 0.444 e. The number of rotatable bonds is 8. The van der Waals surface area contributed by atoms with Crippen LogP contribution in [0.2, 0.25) is 0 Å². The fourth-order valence-corrected chi connectivity index (χ4v) is 6.18. The normalized spacial score (nSPS) is 21.8. The van der Waals surface area contributed by atoms with E-state index in [4.69, 9.17) is 9.57 Å². The van der Waals surface area contributed by atoms with E-state index in [9.17, 15) is 14.0 Å². The van der Waals surface area contributed by atoms with Crippen molar-refractivity contribution in [2.75, 3.05) is 31.1 Å². The third kappa shape index (κ3) is 9.37. The third-order valence-corrected chi connectivity index (χ3v) is 8.71. The van der Waals surface area contributed by atoms with Crippen molar-refractivity contribution < 1.29 is 23.6 Å². The molecule has 45 heavy (non-hydrogen) atoms. The number of aromatic nitrogens is 2. The van der Waals surface area contributed by atoms with Gasteiger partial charge in [0.2, 0.25) is 11.9 Å². The lowest BCUT2D eigenvalue weighted by atomic mass is 9.83. The smallest absolute Gasteiger partial charge is 0.408 e. The van der Waals surface area contributed by atoms with E-state index in [-0.39, 0.29) is 18.6 Å². The van der Waals surface area contributed by atoms with Crippen molar-refractivity contribution in [1.29, 1.82) is 0 Å². The molecule has 3 fully saturated rings. The van der Waals surface area contributed by atoms with Gasteiger partial charge in [-0.05, 0) is 82.4 Å². The van der Waals surface area contributed by atoms with Crippen LogP contribution >= 0.6 is 0 Å². The monoisotopic (exact) mass is 622 g/mol. The van der Waals surface area contributed by atoms with Crippen LogP contribution in [0.15, 0.2) is 41.8 Å². The molecule has 10 nitrogen and oxygen atoms in total. The molecule has 1 unspecified atom stereocenters. The zero-order valence-electron chi connectivity index (χ0n) is 27.0. The molecule has 2 aromatic rings. The van der Waals surface area contributed by atoms with Crippen molar-refractivity contribution in [2.45, 2.75) is 109 Å². The van der Waals surface area contributed by atoms with E-state index in [2.05, 4.69) is 37.5 Å². The molecule has 1 aliphatic carbocycles. The molecule has 2 aliphatic heterocycles. The van der Waals surface area contributed by atoms with Gasteiger partial charge in [-0.2, -0.15) is 0 Å². The summed E-state index contributed by atoms with van der Waals surface area (Å²) in [5, 5.41) is 7.29. The Balaban J connectivity index is 1.10. The summed E-state index contributed by atoms with van der Waals surface area (Å²) >= 11 is 0. The Bertz CT molecular complexity index is 1310. The molecule has 3 aliphatic rings. The summed E-state index contributed by atoms with van der Waals surface area (Å²) in [6, 6.07) is 7.45. The first-order valence-corrected chi connectivity index (χ1v) is 16.3. The molecular formula is C34H47FN6O4.